The van der Waals surface area contributed by atoms with E-state index in [-0.39, 0.29) is 11.9 Å². The third-order valence-corrected chi connectivity index (χ3v) is 6.14. The van der Waals surface area contributed by atoms with Gasteiger partial charge in [0.2, 0.25) is 0 Å². The molecule has 30 heavy (non-hydrogen) atoms. The molecule has 1 heterocycles. The smallest absolute Gasteiger partial charge is 0.251 e. The molecule has 154 valence electrons. The molecule has 0 aromatic heterocycles. The molecule has 1 atom stereocenters. The van der Waals surface area contributed by atoms with Gasteiger partial charge < -0.3 is 10.2 Å². The Morgan fingerprint density at radius 2 is 1.47 bits per heavy atom. The van der Waals surface area contributed by atoms with Crippen LogP contribution in [-0.2, 0) is 0 Å². The average Bonchev–Trinajstić information content (AvgIpc) is 2.80. The standard InChI is InChI=1S/C27H30N2O/c1-20-16-18-29(19-17-20)26-14-12-22(13-15-26)21(2)28-27(30)25-10-8-24(9-11-25)23-6-4-3-5-7-23/h3-15,20-21H,16-19H2,1-2H3,(H,28,30). The molecule has 1 saturated heterocycles. The molecule has 3 nitrogen and oxygen atoms in total. The number of nitrogens with one attached hydrogen (secondary N) is 1. The number of piperidine rings is 1. The maximum Gasteiger partial charge on any atom is 0.251 e. The van der Waals surface area contributed by atoms with E-state index in [1.54, 1.807) is 0 Å². The zero-order valence-corrected chi connectivity index (χ0v) is 17.8. The van der Waals surface area contributed by atoms with Crippen LogP contribution in [0.2, 0.25) is 0 Å². The molecule has 0 aliphatic carbocycles. The van der Waals surface area contributed by atoms with Crippen molar-refractivity contribution in [3.63, 3.8) is 0 Å². The minimum Gasteiger partial charge on any atom is -0.372 e. The van der Waals surface area contributed by atoms with Crippen molar-refractivity contribution in [2.45, 2.75) is 32.7 Å². The van der Waals surface area contributed by atoms with Crippen LogP contribution in [0.4, 0.5) is 5.69 Å². The number of anilines is 1. The van der Waals surface area contributed by atoms with Crippen molar-refractivity contribution in [1.82, 2.24) is 5.32 Å². The Kier molecular flexibility index (Phi) is 6.18. The molecule has 3 aromatic carbocycles. The van der Waals surface area contributed by atoms with Gasteiger partial charge in [0.15, 0.2) is 0 Å². The molecule has 0 bridgehead atoms. The molecule has 1 aliphatic rings. The summed E-state index contributed by atoms with van der Waals surface area (Å²) in [6.45, 7) is 6.63. The number of carbonyl (C=O) groups excluding carboxylic acids is 1. The average molecular weight is 399 g/mol. The Morgan fingerprint density at radius 3 is 2.10 bits per heavy atom. The first-order valence-corrected chi connectivity index (χ1v) is 10.9. The van der Waals surface area contributed by atoms with Gasteiger partial charge in [-0.2, -0.15) is 0 Å². The molecule has 1 aliphatic heterocycles. The topological polar surface area (TPSA) is 32.3 Å². The lowest BCUT2D eigenvalue weighted by Gasteiger charge is -2.32. The molecular weight excluding hydrogens is 368 g/mol. The lowest BCUT2D eigenvalue weighted by molar-refractivity contribution is 0.0940. The van der Waals surface area contributed by atoms with E-state index in [4.69, 9.17) is 0 Å². The second-order valence-electron chi connectivity index (χ2n) is 8.40. The van der Waals surface area contributed by atoms with Gasteiger partial charge in [-0.25, -0.2) is 0 Å². The van der Waals surface area contributed by atoms with Gasteiger partial charge in [-0.15, -0.1) is 0 Å². The zero-order chi connectivity index (χ0) is 20.9. The maximum atomic E-state index is 12.7. The van der Waals surface area contributed by atoms with Gasteiger partial charge in [-0.1, -0.05) is 61.5 Å². The van der Waals surface area contributed by atoms with Crippen LogP contribution in [0.25, 0.3) is 11.1 Å². The van der Waals surface area contributed by atoms with Gasteiger partial charge >= 0.3 is 0 Å². The summed E-state index contributed by atoms with van der Waals surface area (Å²) >= 11 is 0. The van der Waals surface area contributed by atoms with E-state index in [1.165, 1.54) is 18.5 Å². The number of benzene rings is 3. The minimum absolute atomic E-state index is 0.0401. The molecule has 3 heteroatoms. The predicted molar refractivity (Wildman–Crippen MR) is 125 cm³/mol. The largest absolute Gasteiger partial charge is 0.372 e. The predicted octanol–water partition coefficient (Wildman–Crippen LogP) is 6.08. The number of nitrogens with zero attached hydrogens (tertiary/aromatic N) is 1. The van der Waals surface area contributed by atoms with Crippen molar-refractivity contribution in [1.29, 1.82) is 0 Å². The van der Waals surface area contributed by atoms with E-state index < -0.39 is 0 Å². The number of hydrogen-bond acceptors (Lipinski definition) is 2. The highest BCUT2D eigenvalue weighted by Crippen LogP contribution is 2.25. The second-order valence-corrected chi connectivity index (χ2v) is 8.40. The first-order chi connectivity index (χ1) is 14.6. The van der Waals surface area contributed by atoms with Crippen LogP contribution in [0.1, 0.15) is 48.7 Å². The molecule has 0 saturated carbocycles. The Labute approximate surface area is 179 Å². The van der Waals surface area contributed by atoms with Crippen LogP contribution >= 0.6 is 0 Å². The number of amides is 1. The molecular formula is C27H30N2O. The third kappa shape index (κ3) is 4.73. The summed E-state index contributed by atoms with van der Waals surface area (Å²) in [5.74, 6) is 0.786. The van der Waals surface area contributed by atoms with Crippen LogP contribution in [0, 0.1) is 5.92 Å². The van der Waals surface area contributed by atoms with Crippen molar-refractivity contribution in [2.24, 2.45) is 5.92 Å². The second kappa shape index (κ2) is 9.17. The first kappa shape index (κ1) is 20.2. The van der Waals surface area contributed by atoms with Crippen LogP contribution in [0.3, 0.4) is 0 Å². The highest BCUT2D eigenvalue weighted by atomic mass is 16.1. The normalized spacial score (nSPS) is 15.6. The summed E-state index contributed by atoms with van der Waals surface area (Å²) in [6.07, 6.45) is 2.52. The van der Waals surface area contributed by atoms with Gasteiger partial charge in [-0.05, 0) is 66.6 Å². The first-order valence-electron chi connectivity index (χ1n) is 10.9. The lowest BCUT2D eigenvalue weighted by Crippen LogP contribution is -2.32. The van der Waals surface area contributed by atoms with Crippen LogP contribution in [0.15, 0.2) is 78.9 Å². The zero-order valence-electron chi connectivity index (χ0n) is 17.8. The molecule has 1 amide bonds. The van der Waals surface area contributed by atoms with Gasteiger partial charge in [-0.3, -0.25) is 4.79 Å². The summed E-state index contributed by atoms with van der Waals surface area (Å²) in [4.78, 5) is 15.2. The van der Waals surface area contributed by atoms with E-state index >= 15 is 0 Å². The molecule has 3 aromatic rings. The van der Waals surface area contributed by atoms with Gasteiger partial charge in [0.1, 0.15) is 0 Å². The fourth-order valence-corrected chi connectivity index (χ4v) is 4.05. The fourth-order valence-electron chi connectivity index (χ4n) is 4.05. The maximum absolute atomic E-state index is 12.7. The number of carbonyl (C=O) groups is 1. The van der Waals surface area contributed by atoms with E-state index in [2.05, 4.69) is 53.5 Å². The highest BCUT2D eigenvalue weighted by molar-refractivity contribution is 5.95. The van der Waals surface area contributed by atoms with Crippen molar-refractivity contribution >= 4 is 11.6 Å². The quantitative estimate of drug-likeness (QED) is 0.565. The number of rotatable bonds is 5. The lowest BCUT2D eigenvalue weighted by atomic mass is 9.98. The Bertz CT molecular complexity index is 956. The van der Waals surface area contributed by atoms with Crippen molar-refractivity contribution in [3.05, 3.63) is 90.0 Å². The Balaban J connectivity index is 1.37. The Hall–Kier alpha value is -3.07. The molecule has 1 fully saturated rings. The summed E-state index contributed by atoms with van der Waals surface area (Å²) < 4.78 is 0. The summed E-state index contributed by atoms with van der Waals surface area (Å²) in [5.41, 5.74) is 5.35. The fraction of sp³-hybridized carbons (Fsp3) is 0.296. The van der Waals surface area contributed by atoms with Gasteiger partial charge in [0.25, 0.3) is 5.91 Å². The van der Waals surface area contributed by atoms with Crippen LogP contribution in [0.5, 0.6) is 0 Å². The van der Waals surface area contributed by atoms with E-state index in [0.717, 1.165) is 35.7 Å². The van der Waals surface area contributed by atoms with Crippen LogP contribution < -0.4 is 10.2 Å². The molecule has 4 rings (SSSR count). The van der Waals surface area contributed by atoms with Crippen LogP contribution in [-0.4, -0.2) is 19.0 Å². The van der Waals surface area contributed by atoms with Gasteiger partial charge in [0.05, 0.1) is 6.04 Å². The van der Waals surface area contributed by atoms with Gasteiger partial charge in [0, 0.05) is 24.3 Å². The summed E-state index contributed by atoms with van der Waals surface area (Å²) in [5, 5.41) is 3.12. The SMILES string of the molecule is CC1CCN(c2ccc(C(C)NC(=O)c3ccc(-c4ccccc4)cc3)cc2)CC1. The van der Waals surface area contributed by atoms with E-state index in [0.29, 0.717) is 5.56 Å². The van der Waals surface area contributed by atoms with Crippen molar-refractivity contribution < 1.29 is 4.79 Å². The molecule has 1 unspecified atom stereocenters. The molecule has 0 radical (unpaired) electrons. The third-order valence-electron chi connectivity index (χ3n) is 6.14. The Morgan fingerprint density at radius 1 is 0.867 bits per heavy atom. The van der Waals surface area contributed by atoms with E-state index in [1.807, 2.05) is 49.4 Å². The summed E-state index contributed by atoms with van der Waals surface area (Å²) in [6, 6.07) is 26.6. The number of hydrogen-bond donors (Lipinski definition) is 1. The molecule has 1 N–H and O–H groups in total. The monoisotopic (exact) mass is 398 g/mol. The summed E-state index contributed by atoms with van der Waals surface area (Å²) in [7, 11) is 0. The van der Waals surface area contributed by atoms with E-state index in [9.17, 15) is 4.79 Å². The van der Waals surface area contributed by atoms with Crippen molar-refractivity contribution in [2.75, 3.05) is 18.0 Å². The molecule has 0 spiro atoms. The minimum atomic E-state index is -0.0452. The van der Waals surface area contributed by atoms with Crippen molar-refractivity contribution in [3.8, 4) is 11.1 Å². The highest BCUT2D eigenvalue weighted by Gasteiger charge is 2.17.